The van der Waals surface area contributed by atoms with E-state index < -0.39 is 0 Å². The fraction of sp³-hybridized carbons (Fsp3) is 0.286. The Kier molecular flexibility index (Phi) is 4.83. The molecule has 0 amide bonds. The number of hydrogen-bond donors (Lipinski definition) is 4. The first-order valence-electron chi connectivity index (χ1n) is 9.11. The Bertz CT molecular complexity index is 946. The second-order valence-corrected chi connectivity index (χ2v) is 6.85. The fourth-order valence-corrected chi connectivity index (χ4v) is 3.72. The van der Waals surface area contributed by atoms with E-state index in [1.807, 2.05) is 30.3 Å². The van der Waals surface area contributed by atoms with Crippen molar-refractivity contribution in [1.82, 2.24) is 5.32 Å². The van der Waals surface area contributed by atoms with Crippen molar-refractivity contribution in [3.05, 3.63) is 65.4 Å². The first-order valence-corrected chi connectivity index (χ1v) is 9.11. The average Bonchev–Trinajstić information content (AvgIpc) is 3.32. The molecular formula is C21H23N3O3. The topological polar surface area (TPSA) is 105 Å². The zero-order chi connectivity index (χ0) is 18.8. The summed E-state index contributed by atoms with van der Waals surface area (Å²) in [6.07, 6.45) is 2.68. The van der Waals surface area contributed by atoms with Gasteiger partial charge in [0.05, 0.1) is 17.6 Å². The van der Waals surface area contributed by atoms with E-state index in [1.54, 1.807) is 12.1 Å². The average molecular weight is 365 g/mol. The fourth-order valence-electron chi connectivity index (χ4n) is 3.72. The number of amidine groups is 1. The van der Waals surface area contributed by atoms with Crippen LogP contribution in [0, 0.1) is 5.41 Å². The van der Waals surface area contributed by atoms with Gasteiger partial charge >= 0.3 is 0 Å². The lowest BCUT2D eigenvalue weighted by atomic mass is 9.93. The van der Waals surface area contributed by atoms with Gasteiger partial charge < -0.3 is 25.3 Å². The van der Waals surface area contributed by atoms with Crippen molar-refractivity contribution < 1.29 is 14.3 Å². The molecule has 2 heterocycles. The number of aromatic hydroxyl groups is 1. The van der Waals surface area contributed by atoms with Crippen molar-refractivity contribution in [2.45, 2.75) is 25.0 Å². The molecule has 140 valence electrons. The standard InChI is InChI=1S/C21H23N3O3/c22-21(23)15-6-7-18-20(17(25)12-26-18)16(15)10-19(13-4-2-1-3-5-13)27-14-8-9-24-11-14/h1-7,12,14,19,24-25H,8-11H2,(H3,22,23)/t14-,19?/m0/s1. The van der Waals surface area contributed by atoms with Crippen molar-refractivity contribution in [2.24, 2.45) is 5.73 Å². The van der Waals surface area contributed by atoms with E-state index in [-0.39, 0.29) is 23.8 Å². The van der Waals surface area contributed by atoms with Crippen molar-refractivity contribution >= 4 is 16.8 Å². The third-order valence-corrected chi connectivity index (χ3v) is 5.05. The number of nitrogen functional groups attached to an aromatic ring is 1. The summed E-state index contributed by atoms with van der Waals surface area (Å²) in [6, 6.07) is 13.5. The second kappa shape index (κ2) is 7.42. The van der Waals surface area contributed by atoms with Crippen LogP contribution in [0.3, 0.4) is 0 Å². The molecule has 27 heavy (non-hydrogen) atoms. The third-order valence-electron chi connectivity index (χ3n) is 5.05. The largest absolute Gasteiger partial charge is 0.504 e. The minimum atomic E-state index is -0.214. The molecule has 0 saturated carbocycles. The van der Waals surface area contributed by atoms with E-state index >= 15 is 0 Å². The van der Waals surface area contributed by atoms with Gasteiger partial charge in [0.2, 0.25) is 0 Å². The molecule has 0 spiro atoms. The summed E-state index contributed by atoms with van der Waals surface area (Å²) in [5, 5.41) is 22.2. The molecule has 1 saturated heterocycles. The van der Waals surface area contributed by atoms with Crippen LogP contribution in [0.4, 0.5) is 0 Å². The molecule has 6 heteroatoms. The maximum Gasteiger partial charge on any atom is 0.162 e. The highest BCUT2D eigenvalue weighted by Gasteiger charge is 2.25. The lowest BCUT2D eigenvalue weighted by Gasteiger charge is -2.24. The molecule has 1 aromatic heterocycles. The highest BCUT2D eigenvalue weighted by molar-refractivity contribution is 6.02. The zero-order valence-electron chi connectivity index (χ0n) is 14.9. The molecular weight excluding hydrogens is 342 g/mol. The Morgan fingerprint density at radius 3 is 2.81 bits per heavy atom. The Labute approximate surface area is 157 Å². The maximum atomic E-state index is 10.3. The van der Waals surface area contributed by atoms with Gasteiger partial charge in [0, 0.05) is 18.5 Å². The maximum absolute atomic E-state index is 10.3. The van der Waals surface area contributed by atoms with Crippen molar-refractivity contribution in [1.29, 1.82) is 5.41 Å². The molecule has 2 atom stereocenters. The quantitative estimate of drug-likeness (QED) is 0.397. The minimum absolute atomic E-state index is 0.0400. The normalized spacial score (nSPS) is 18.0. The Morgan fingerprint density at radius 1 is 1.30 bits per heavy atom. The van der Waals surface area contributed by atoms with E-state index in [9.17, 15) is 5.11 Å². The number of benzene rings is 2. The zero-order valence-corrected chi connectivity index (χ0v) is 14.9. The number of ether oxygens (including phenoxy) is 1. The lowest BCUT2D eigenvalue weighted by molar-refractivity contribution is -0.00207. The third kappa shape index (κ3) is 3.54. The van der Waals surface area contributed by atoms with Crippen molar-refractivity contribution in [2.75, 3.05) is 13.1 Å². The molecule has 0 aliphatic carbocycles. The summed E-state index contributed by atoms with van der Waals surface area (Å²) in [5.74, 6) is 0.0132. The lowest BCUT2D eigenvalue weighted by Crippen LogP contribution is -2.22. The number of hydrogen-bond acceptors (Lipinski definition) is 5. The molecule has 6 nitrogen and oxygen atoms in total. The van der Waals surface area contributed by atoms with E-state index in [1.165, 1.54) is 6.26 Å². The Balaban J connectivity index is 1.77. The van der Waals surface area contributed by atoms with E-state index in [4.69, 9.17) is 20.3 Å². The highest BCUT2D eigenvalue weighted by atomic mass is 16.5. The number of nitrogens with two attached hydrogens (primary N) is 1. The summed E-state index contributed by atoms with van der Waals surface area (Å²) in [6.45, 7) is 1.77. The van der Waals surface area contributed by atoms with Crippen LogP contribution < -0.4 is 11.1 Å². The van der Waals surface area contributed by atoms with Gasteiger partial charge in [0.25, 0.3) is 0 Å². The van der Waals surface area contributed by atoms with Crippen LogP contribution in [-0.4, -0.2) is 30.1 Å². The van der Waals surface area contributed by atoms with Crippen LogP contribution in [0.1, 0.15) is 29.2 Å². The minimum Gasteiger partial charge on any atom is -0.504 e. The van der Waals surface area contributed by atoms with Crippen LogP contribution in [-0.2, 0) is 11.2 Å². The smallest absolute Gasteiger partial charge is 0.162 e. The van der Waals surface area contributed by atoms with E-state index in [0.717, 1.165) is 30.6 Å². The molecule has 5 N–H and O–H groups in total. The van der Waals surface area contributed by atoms with Crippen molar-refractivity contribution in [3.63, 3.8) is 0 Å². The van der Waals surface area contributed by atoms with Gasteiger partial charge in [-0.15, -0.1) is 0 Å². The van der Waals surface area contributed by atoms with Crippen LogP contribution in [0.25, 0.3) is 11.0 Å². The summed E-state index contributed by atoms with van der Waals surface area (Å²) in [5.41, 5.74) is 8.81. The molecule has 1 aliphatic rings. The van der Waals surface area contributed by atoms with Gasteiger partial charge in [-0.05, 0) is 36.2 Å². The van der Waals surface area contributed by atoms with Crippen LogP contribution in [0.5, 0.6) is 5.75 Å². The van der Waals surface area contributed by atoms with E-state index in [2.05, 4.69) is 5.32 Å². The molecule has 4 rings (SSSR count). The van der Waals surface area contributed by atoms with Crippen LogP contribution in [0.2, 0.25) is 0 Å². The SMILES string of the molecule is N=C(N)c1ccc2occ(O)c2c1CC(O[C@H]1CCNC1)c1ccccc1. The number of fused-ring (bicyclic) bond motifs is 1. The van der Waals surface area contributed by atoms with Gasteiger partial charge in [0.15, 0.2) is 5.75 Å². The van der Waals surface area contributed by atoms with Crippen LogP contribution in [0.15, 0.2) is 53.1 Å². The van der Waals surface area contributed by atoms with Gasteiger partial charge in [-0.1, -0.05) is 30.3 Å². The summed E-state index contributed by atoms with van der Waals surface area (Å²) in [7, 11) is 0. The molecule has 1 aliphatic heterocycles. The molecule has 1 unspecified atom stereocenters. The predicted molar refractivity (Wildman–Crippen MR) is 104 cm³/mol. The molecule has 3 aromatic rings. The van der Waals surface area contributed by atoms with Gasteiger partial charge in [-0.2, -0.15) is 0 Å². The highest BCUT2D eigenvalue weighted by Crippen LogP contribution is 2.36. The summed E-state index contributed by atoms with van der Waals surface area (Å²) in [4.78, 5) is 0. The van der Waals surface area contributed by atoms with E-state index in [0.29, 0.717) is 23.0 Å². The second-order valence-electron chi connectivity index (χ2n) is 6.85. The monoisotopic (exact) mass is 365 g/mol. The van der Waals surface area contributed by atoms with Gasteiger partial charge in [-0.3, -0.25) is 5.41 Å². The molecule has 0 bridgehead atoms. The Hall–Kier alpha value is -2.83. The summed E-state index contributed by atoms with van der Waals surface area (Å²) < 4.78 is 11.8. The van der Waals surface area contributed by atoms with Gasteiger partial charge in [0.1, 0.15) is 17.7 Å². The summed E-state index contributed by atoms with van der Waals surface area (Å²) >= 11 is 0. The number of furan rings is 1. The predicted octanol–water partition coefficient (Wildman–Crippen LogP) is 3.08. The first-order chi connectivity index (χ1) is 13.1. The number of rotatable bonds is 6. The molecule has 0 radical (unpaired) electrons. The first kappa shape index (κ1) is 17.6. The molecule has 1 fully saturated rings. The van der Waals surface area contributed by atoms with Gasteiger partial charge in [-0.25, -0.2) is 0 Å². The van der Waals surface area contributed by atoms with Crippen molar-refractivity contribution in [3.8, 4) is 5.75 Å². The van der Waals surface area contributed by atoms with Crippen LogP contribution >= 0.6 is 0 Å². The number of nitrogens with one attached hydrogen (secondary N) is 2. The molecule has 2 aromatic carbocycles. The Morgan fingerprint density at radius 2 is 2.11 bits per heavy atom.